The Bertz CT molecular complexity index is 1090. The topological polar surface area (TPSA) is 100 Å². The zero-order chi connectivity index (χ0) is 22.1. The van der Waals surface area contributed by atoms with Gasteiger partial charge in [0.25, 0.3) is 11.8 Å². The molecule has 0 saturated carbocycles. The molecule has 162 valence electrons. The van der Waals surface area contributed by atoms with Gasteiger partial charge in [0.1, 0.15) is 12.0 Å². The van der Waals surface area contributed by atoms with Gasteiger partial charge in [-0.2, -0.15) is 5.10 Å². The van der Waals surface area contributed by atoms with E-state index in [0.29, 0.717) is 11.3 Å². The van der Waals surface area contributed by atoms with Gasteiger partial charge in [-0.05, 0) is 24.3 Å². The van der Waals surface area contributed by atoms with Crippen molar-refractivity contribution in [2.45, 2.75) is 25.2 Å². The van der Waals surface area contributed by atoms with Crippen LogP contribution in [-0.2, 0) is 6.54 Å². The number of carbonyl (C=O) groups excluding carboxylic acids is 2. The van der Waals surface area contributed by atoms with Gasteiger partial charge in [0.15, 0.2) is 5.69 Å². The van der Waals surface area contributed by atoms with Crippen LogP contribution < -0.4 is 0 Å². The van der Waals surface area contributed by atoms with Crippen molar-refractivity contribution >= 4 is 11.8 Å². The third-order valence-electron chi connectivity index (χ3n) is 5.19. The van der Waals surface area contributed by atoms with E-state index in [0.717, 1.165) is 0 Å². The number of alkyl halides is 1. The van der Waals surface area contributed by atoms with Gasteiger partial charge in [0.2, 0.25) is 0 Å². The van der Waals surface area contributed by atoms with Crippen LogP contribution in [0.15, 0.2) is 36.7 Å². The first kappa shape index (κ1) is 20.6. The van der Waals surface area contributed by atoms with Crippen LogP contribution in [0.2, 0.25) is 0 Å². The van der Waals surface area contributed by atoms with E-state index in [4.69, 9.17) is 0 Å². The number of likely N-dealkylation sites (tertiary alicyclic amines) is 1. The normalized spacial score (nSPS) is 18.4. The Labute approximate surface area is 176 Å². The molecule has 0 spiro atoms. The lowest BCUT2D eigenvalue weighted by Crippen LogP contribution is -2.38. The number of nitrogens with zero attached hydrogens (tertiary/aromatic N) is 6. The molecule has 31 heavy (non-hydrogen) atoms. The summed E-state index contributed by atoms with van der Waals surface area (Å²) in [5, 5.41) is 14.5. The molecule has 2 amide bonds. The zero-order valence-electron chi connectivity index (χ0n) is 17.0. The van der Waals surface area contributed by atoms with Crippen LogP contribution in [0, 0.1) is 5.82 Å². The Balaban J connectivity index is 1.55. The molecule has 2 aromatic heterocycles. The lowest BCUT2D eigenvalue weighted by Gasteiger charge is -2.24. The molecule has 1 aliphatic heterocycles. The third kappa shape index (κ3) is 4.16. The van der Waals surface area contributed by atoms with E-state index in [9.17, 15) is 18.4 Å². The highest BCUT2D eigenvalue weighted by molar-refractivity contribution is 6.00. The Morgan fingerprint density at radius 3 is 2.71 bits per heavy atom. The number of rotatable bonds is 5. The summed E-state index contributed by atoms with van der Waals surface area (Å²) >= 11 is 0. The zero-order valence-corrected chi connectivity index (χ0v) is 17.0. The molecular formula is C20H21F2N7O2. The minimum atomic E-state index is -1.18. The number of benzene rings is 1. The Hall–Kier alpha value is -3.63. The van der Waals surface area contributed by atoms with Gasteiger partial charge in [0, 0.05) is 26.1 Å². The largest absolute Gasteiger partial charge is 0.343 e. The SMILES string of the molecule is CN(C)C(=O)c1cn(C[C@@H]2C[C@H](F)CN2C(=O)c2cn[nH]c2-c2ccc(F)cc2)nn1. The maximum atomic E-state index is 14.3. The molecule has 2 atom stereocenters. The molecule has 0 unspecified atom stereocenters. The highest BCUT2D eigenvalue weighted by Gasteiger charge is 2.37. The van der Waals surface area contributed by atoms with Crippen LogP contribution in [0.4, 0.5) is 8.78 Å². The van der Waals surface area contributed by atoms with Crippen LogP contribution in [0.1, 0.15) is 27.3 Å². The van der Waals surface area contributed by atoms with E-state index in [-0.39, 0.29) is 42.6 Å². The predicted octanol–water partition coefficient (Wildman–Crippen LogP) is 1.76. The van der Waals surface area contributed by atoms with E-state index in [2.05, 4.69) is 20.5 Å². The van der Waals surface area contributed by atoms with E-state index in [1.54, 1.807) is 14.1 Å². The molecule has 4 rings (SSSR count). The number of aromatic nitrogens is 5. The molecule has 11 heteroatoms. The van der Waals surface area contributed by atoms with Crippen LogP contribution in [-0.4, -0.2) is 79.7 Å². The molecule has 1 N–H and O–H groups in total. The van der Waals surface area contributed by atoms with Crippen molar-refractivity contribution in [3.05, 3.63) is 53.7 Å². The first-order valence-corrected chi connectivity index (χ1v) is 9.69. The quantitative estimate of drug-likeness (QED) is 0.666. The average Bonchev–Trinajstić information content (AvgIpc) is 3.47. The van der Waals surface area contributed by atoms with Crippen LogP contribution in [0.5, 0.6) is 0 Å². The maximum Gasteiger partial charge on any atom is 0.275 e. The highest BCUT2D eigenvalue weighted by atomic mass is 19.1. The van der Waals surface area contributed by atoms with Gasteiger partial charge in [0.05, 0.1) is 42.8 Å². The smallest absolute Gasteiger partial charge is 0.275 e. The second kappa shape index (κ2) is 8.25. The summed E-state index contributed by atoms with van der Waals surface area (Å²) in [5.41, 5.74) is 1.47. The first-order chi connectivity index (χ1) is 14.8. The Morgan fingerprint density at radius 2 is 2.00 bits per heavy atom. The molecule has 1 fully saturated rings. The Kier molecular flexibility index (Phi) is 5.49. The number of carbonyl (C=O) groups is 2. The fourth-order valence-electron chi connectivity index (χ4n) is 3.65. The Morgan fingerprint density at radius 1 is 1.26 bits per heavy atom. The molecule has 1 aliphatic rings. The van der Waals surface area contributed by atoms with E-state index < -0.39 is 18.0 Å². The van der Waals surface area contributed by atoms with Crippen molar-refractivity contribution in [3.63, 3.8) is 0 Å². The van der Waals surface area contributed by atoms with Crippen LogP contribution >= 0.6 is 0 Å². The molecule has 3 heterocycles. The van der Waals surface area contributed by atoms with Gasteiger partial charge < -0.3 is 9.80 Å². The molecule has 3 aromatic rings. The van der Waals surface area contributed by atoms with Crippen molar-refractivity contribution in [2.75, 3.05) is 20.6 Å². The van der Waals surface area contributed by atoms with Crippen molar-refractivity contribution in [1.82, 2.24) is 35.0 Å². The summed E-state index contributed by atoms with van der Waals surface area (Å²) in [6, 6.07) is 5.19. The number of hydrogen-bond acceptors (Lipinski definition) is 5. The standard InChI is InChI=1S/C20H21F2N7O2/c1-27(2)20(31)17-11-28(26-24-17)10-15-7-14(22)9-29(15)19(30)16-8-23-25-18(16)12-3-5-13(21)6-4-12/h3-6,8,11,14-15H,7,9-10H2,1-2H3,(H,23,25)/t14-,15-/m0/s1. The number of amides is 2. The van der Waals surface area contributed by atoms with Gasteiger partial charge in [-0.15, -0.1) is 5.10 Å². The summed E-state index contributed by atoms with van der Waals surface area (Å²) in [6.07, 6.45) is 1.83. The minimum Gasteiger partial charge on any atom is -0.343 e. The average molecular weight is 429 g/mol. The monoisotopic (exact) mass is 429 g/mol. The van der Waals surface area contributed by atoms with Crippen molar-refractivity contribution in [1.29, 1.82) is 0 Å². The molecule has 1 aromatic carbocycles. The maximum absolute atomic E-state index is 14.3. The van der Waals surface area contributed by atoms with Crippen molar-refractivity contribution in [3.8, 4) is 11.3 Å². The number of halogens is 2. The van der Waals surface area contributed by atoms with Crippen molar-refractivity contribution < 1.29 is 18.4 Å². The van der Waals surface area contributed by atoms with Gasteiger partial charge >= 0.3 is 0 Å². The van der Waals surface area contributed by atoms with Gasteiger partial charge in [-0.25, -0.2) is 13.5 Å². The van der Waals surface area contributed by atoms with Gasteiger partial charge in [-0.3, -0.25) is 14.7 Å². The fourth-order valence-corrected chi connectivity index (χ4v) is 3.65. The number of hydrogen-bond donors (Lipinski definition) is 1. The molecule has 9 nitrogen and oxygen atoms in total. The van der Waals surface area contributed by atoms with E-state index >= 15 is 0 Å². The third-order valence-corrected chi connectivity index (χ3v) is 5.19. The van der Waals surface area contributed by atoms with Crippen LogP contribution in [0.25, 0.3) is 11.3 Å². The predicted molar refractivity (Wildman–Crippen MR) is 106 cm³/mol. The van der Waals surface area contributed by atoms with Gasteiger partial charge in [-0.1, -0.05) is 5.21 Å². The summed E-state index contributed by atoms with van der Waals surface area (Å²) in [6.45, 7) is 0.138. The summed E-state index contributed by atoms with van der Waals surface area (Å²) in [4.78, 5) is 28.1. The summed E-state index contributed by atoms with van der Waals surface area (Å²) in [5.74, 6) is -1.07. The van der Waals surface area contributed by atoms with E-state index in [1.165, 1.54) is 51.1 Å². The molecule has 0 radical (unpaired) electrons. The minimum absolute atomic E-state index is 0.0598. The summed E-state index contributed by atoms with van der Waals surface area (Å²) < 4.78 is 29.0. The second-order valence-corrected chi connectivity index (χ2v) is 7.64. The molecule has 0 bridgehead atoms. The number of H-pyrrole nitrogens is 1. The highest BCUT2D eigenvalue weighted by Crippen LogP contribution is 2.28. The van der Waals surface area contributed by atoms with E-state index in [1.807, 2.05) is 0 Å². The van der Waals surface area contributed by atoms with Crippen molar-refractivity contribution in [2.24, 2.45) is 0 Å². The van der Waals surface area contributed by atoms with Crippen LogP contribution in [0.3, 0.4) is 0 Å². The fraction of sp³-hybridized carbons (Fsp3) is 0.350. The first-order valence-electron chi connectivity index (χ1n) is 9.69. The second-order valence-electron chi connectivity index (χ2n) is 7.64. The molecule has 0 aliphatic carbocycles. The lowest BCUT2D eigenvalue weighted by molar-refractivity contribution is 0.0714. The number of nitrogens with one attached hydrogen (secondary N) is 1. The molecule has 1 saturated heterocycles. The summed E-state index contributed by atoms with van der Waals surface area (Å²) in [7, 11) is 3.21. The number of aromatic amines is 1. The lowest BCUT2D eigenvalue weighted by atomic mass is 10.1. The molecular weight excluding hydrogens is 408 g/mol.